The molecule has 0 saturated carbocycles. The van der Waals surface area contributed by atoms with Crippen molar-refractivity contribution in [3.8, 4) is 0 Å². The second-order valence-corrected chi connectivity index (χ2v) is 4.87. The van der Waals surface area contributed by atoms with Gasteiger partial charge in [0.1, 0.15) is 0 Å². The number of carbonyl (C=O) groups excluding carboxylic acids is 1. The number of carbonyl (C=O) groups is 2. The smallest absolute Gasteiger partial charge is 0.334 e. The summed E-state index contributed by atoms with van der Waals surface area (Å²) in [5.74, 6) is -1.08. The van der Waals surface area contributed by atoms with E-state index in [1.165, 1.54) is 0 Å². The van der Waals surface area contributed by atoms with Crippen LogP contribution >= 0.6 is 0 Å². The number of hydrogen-bond donors (Lipinski definition) is 2. The molecule has 0 bridgehead atoms. The monoisotopic (exact) mass is 272 g/mol. The zero-order chi connectivity index (χ0) is 13.7. The molecule has 7 heteroatoms. The summed E-state index contributed by atoms with van der Waals surface area (Å²) in [7, 11) is 0. The molecule has 108 valence electrons. The zero-order valence-corrected chi connectivity index (χ0v) is 10.8. The molecule has 2 rings (SSSR count). The lowest BCUT2D eigenvalue weighted by Crippen LogP contribution is -2.49. The highest BCUT2D eigenvalue weighted by atomic mass is 16.5. The summed E-state index contributed by atoms with van der Waals surface area (Å²) in [5.41, 5.74) is 0. The highest BCUT2D eigenvalue weighted by Gasteiger charge is 2.27. The van der Waals surface area contributed by atoms with Gasteiger partial charge in [-0.25, -0.2) is 4.79 Å². The normalized spacial score (nSPS) is 28.2. The Kier molecular flexibility index (Phi) is 5.12. The molecule has 0 aromatic rings. The molecule has 0 radical (unpaired) electrons. The Labute approximate surface area is 111 Å². The topological polar surface area (TPSA) is 88.1 Å². The van der Waals surface area contributed by atoms with Gasteiger partial charge in [-0.3, -0.25) is 9.69 Å². The summed E-state index contributed by atoms with van der Waals surface area (Å²) < 4.78 is 10.5. The van der Waals surface area contributed by atoms with Gasteiger partial charge in [0.25, 0.3) is 0 Å². The Morgan fingerprint density at radius 2 is 2.16 bits per heavy atom. The molecule has 7 nitrogen and oxygen atoms in total. The number of ether oxygens (including phenoxy) is 2. The second kappa shape index (κ2) is 6.83. The number of hydrogen-bond acceptors (Lipinski definition) is 5. The molecular weight excluding hydrogens is 252 g/mol. The van der Waals surface area contributed by atoms with Gasteiger partial charge >= 0.3 is 5.97 Å². The summed E-state index contributed by atoms with van der Waals surface area (Å²) >= 11 is 0. The predicted octanol–water partition coefficient (Wildman–Crippen LogP) is -0.933. The third-order valence-electron chi connectivity index (χ3n) is 3.34. The molecule has 19 heavy (non-hydrogen) atoms. The fourth-order valence-corrected chi connectivity index (χ4v) is 2.29. The Bertz CT molecular complexity index is 330. The van der Waals surface area contributed by atoms with Crippen molar-refractivity contribution in [2.75, 3.05) is 39.4 Å². The van der Waals surface area contributed by atoms with Crippen molar-refractivity contribution >= 4 is 11.9 Å². The number of aliphatic carboxylic acids is 1. The van der Waals surface area contributed by atoms with Crippen molar-refractivity contribution in [3.05, 3.63) is 0 Å². The van der Waals surface area contributed by atoms with E-state index in [-0.39, 0.29) is 25.1 Å². The number of rotatable bonds is 5. The number of carboxylic acids is 1. The summed E-state index contributed by atoms with van der Waals surface area (Å²) in [6, 6.07) is 0. The second-order valence-electron chi connectivity index (χ2n) is 4.87. The Hall–Kier alpha value is -1.18. The molecule has 2 fully saturated rings. The molecule has 2 N–H and O–H groups in total. The van der Waals surface area contributed by atoms with Crippen LogP contribution in [0.5, 0.6) is 0 Å². The maximum absolute atomic E-state index is 11.7. The third kappa shape index (κ3) is 4.45. The molecule has 0 spiro atoms. The predicted molar refractivity (Wildman–Crippen MR) is 65.8 cm³/mol. The van der Waals surface area contributed by atoms with Gasteiger partial charge in [0.2, 0.25) is 5.91 Å². The van der Waals surface area contributed by atoms with Gasteiger partial charge in [0, 0.05) is 26.2 Å². The third-order valence-corrected chi connectivity index (χ3v) is 3.34. The number of morpholine rings is 1. The van der Waals surface area contributed by atoms with Gasteiger partial charge < -0.3 is 19.9 Å². The average Bonchev–Trinajstić information content (AvgIpc) is 2.90. The van der Waals surface area contributed by atoms with Gasteiger partial charge in [-0.1, -0.05) is 0 Å². The number of nitrogens with zero attached hydrogens (tertiary/aromatic N) is 1. The fourth-order valence-electron chi connectivity index (χ4n) is 2.29. The molecule has 2 heterocycles. The first-order chi connectivity index (χ1) is 9.15. The highest BCUT2D eigenvalue weighted by Crippen LogP contribution is 2.10. The van der Waals surface area contributed by atoms with Crippen LogP contribution in [0.25, 0.3) is 0 Å². The van der Waals surface area contributed by atoms with E-state index < -0.39 is 12.1 Å². The van der Waals surface area contributed by atoms with Crippen LogP contribution in [0, 0.1) is 0 Å². The van der Waals surface area contributed by atoms with Crippen LogP contribution in [-0.2, 0) is 19.1 Å². The van der Waals surface area contributed by atoms with Gasteiger partial charge in [0.15, 0.2) is 6.10 Å². The van der Waals surface area contributed by atoms with Crippen molar-refractivity contribution in [1.29, 1.82) is 0 Å². The molecule has 1 amide bonds. The number of nitrogens with one attached hydrogen (secondary N) is 1. The molecule has 2 saturated heterocycles. The molecular formula is C12H20N2O5. The van der Waals surface area contributed by atoms with Crippen LogP contribution in [0.15, 0.2) is 0 Å². The van der Waals surface area contributed by atoms with Gasteiger partial charge in [-0.2, -0.15) is 0 Å². The molecule has 0 aromatic heterocycles. The van der Waals surface area contributed by atoms with Crippen molar-refractivity contribution in [2.45, 2.75) is 25.0 Å². The summed E-state index contributed by atoms with van der Waals surface area (Å²) in [4.78, 5) is 24.4. The van der Waals surface area contributed by atoms with E-state index in [0.29, 0.717) is 19.7 Å². The van der Waals surface area contributed by atoms with Crippen LogP contribution in [0.2, 0.25) is 0 Å². The van der Waals surface area contributed by atoms with Crippen LogP contribution in [-0.4, -0.2) is 73.5 Å². The number of carboxylic acid groups (broad SMARTS) is 1. The SMILES string of the molecule is O=C(CN1CCOC(C(=O)O)C1)NCC1CCCO1. The maximum atomic E-state index is 11.7. The van der Waals surface area contributed by atoms with Crippen LogP contribution < -0.4 is 5.32 Å². The molecule has 2 aliphatic heterocycles. The molecule has 0 aliphatic carbocycles. The maximum Gasteiger partial charge on any atom is 0.334 e. The lowest BCUT2D eigenvalue weighted by atomic mass is 10.2. The lowest BCUT2D eigenvalue weighted by Gasteiger charge is -2.30. The van der Waals surface area contributed by atoms with Crippen LogP contribution in [0.3, 0.4) is 0 Å². The minimum Gasteiger partial charge on any atom is -0.479 e. The zero-order valence-electron chi connectivity index (χ0n) is 10.8. The van der Waals surface area contributed by atoms with E-state index in [0.717, 1.165) is 19.4 Å². The van der Waals surface area contributed by atoms with E-state index in [1.54, 1.807) is 4.90 Å². The van der Waals surface area contributed by atoms with Crippen LogP contribution in [0.1, 0.15) is 12.8 Å². The van der Waals surface area contributed by atoms with Crippen molar-refractivity contribution < 1.29 is 24.2 Å². The van der Waals surface area contributed by atoms with E-state index in [4.69, 9.17) is 14.6 Å². The summed E-state index contributed by atoms with van der Waals surface area (Å²) in [6.07, 6.45) is 1.32. The fraction of sp³-hybridized carbons (Fsp3) is 0.833. The minimum absolute atomic E-state index is 0.0958. The molecule has 2 aliphatic rings. The number of amides is 1. The highest BCUT2D eigenvalue weighted by molar-refractivity contribution is 5.78. The molecule has 2 unspecified atom stereocenters. The summed E-state index contributed by atoms with van der Waals surface area (Å²) in [5, 5.41) is 11.7. The van der Waals surface area contributed by atoms with Crippen molar-refractivity contribution in [3.63, 3.8) is 0 Å². The van der Waals surface area contributed by atoms with E-state index >= 15 is 0 Å². The van der Waals surface area contributed by atoms with E-state index in [2.05, 4.69) is 5.32 Å². The minimum atomic E-state index is -0.982. The van der Waals surface area contributed by atoms with E-state index in [1.807, 2.05) is 0 Å². The average molecular weight is 272 g/mol. The Balaban J connectivity index is 1.67. The van der Waals surface area contributed by atoms with Gasteiger partial charge in [-0.05, 0) is 12.8 Å². The first-order valence-corrected chi connectivity index (χ1v) is 6.60. The standard InChI is InChI=1S/C12H20N2O5/c15-11(13-6-9-2-1-4-18-9)8-14-3-5-19-10(7-14)12(16)17/h9-10H,1-8H2,(H,13,15)(H,16,17). The van der Waals surface area contributed by atoms with Gasteiger partial charge in [-0.15, -0.1) is 0 Å². The van der Waals surface area contributed by atoms with Crippen molar-refractivity contribution in [1.82, 2.24) is 10.2 Å². The Morgan fingerprint density at radius 3 is 2.84 bits per heavy atom. The first kappa shape index (κ1) is 14.2. The molecule has 2 atom stereocenters. The van der Waals surface area contributed by atoms with Gasteiger partial charge in [0.05, 0.1) is 19.3 Å². The van der Waals surface area contributed by atoms with E-state index in [9.17, 15) is 9.59 Å². The quantitative estimate of drug-likeness (QED) is 0.672. The lowest BCUT2D eigenvalue weighted by molar-refractivity contribution is -0.156. The first-order valence-electron chi connectivity index (χ1n) is 6.60. The van der Waals surface area contributed by atoms with Crippen molar-refractivity contribution in [2.24, 2.45) is 0 Å². The Morgan fingerprint density at radius 1 is 1.32 bits per heavy atom. The van der Waals surface area contributed by atoms with Crippen LogP contribution in [0.4, 0.5) is 0 Å². The largest absolute Gasteiger partial charge is 0.479 e. The molecule has 0 aromatic carbocycles. The summed E-state index contributed by atoms with van der Waals surface area (Å²) in [6.45, 7) is 2.69.